The largest absolute Gasteiger partial charge is 0.462 e. The fraction of sp³-hybridized carbons (Fsp3) is 0.545. The minimum atomic E-state index is -0.380. The number of carbonyl (C=O) groups is 2. The molecule has 28 heavy (non-hydrogen) atoms. The monoisotopic (exact) mass is 419 g/mol. The van der Waals surface area contributed by atoms with Gasteiger partial charge in [-0.1, -0.05) is 27.7 Å². The summed E-state index contributed by atoms with van der Waals surface area (Å²) in [4.78, 5) is 27.7. The second-order valence-corrected chi connectivity index (χ2v) is 10.4. The highest BCUT2D eigenvalue weighted by Gasteiger charge is 2.32. The Hall–Kier alpha value is -1.66. The van der Waals surface area contributed by atoms with Crippen molar-refractivity contribution in [2.75, 3.05) is 11.9 Å². The summed E-state index contributed by atoms with van der Waals surface area (Å²) in [5.74, 6) is 0.144. The zero-order chi connectivity index (χ0) is 20.5. The molecule has 3 rings (SSSR count). The first-order valence-electron chi connectivity index (χ1n) is 9.95. The maximum Gasteiger partial charge on any atom is 0.341 e. The van der Waals surface area contributed by atoms with Crippen molar-refractivity contribution in [1.82, 2.24) is 0 Å². The minimum Gasteiger partial charge on any atom is -0.462 e. The molecular weight excluding hydrogens is 390 g/mol. The summed E-state index contributed by atoms with van der Waals surface area (Å²) >= 11 is 3.14. The Labute approximate surface area is 175 Å². The van der Waals surface area contributed by atoms with Gasteiger partial charge in [0, 0.05) is 15.1 Å². The van der Waals surface area contributed by atoms with Crippen molar-refractivity contribution in [2.24, 2.45) is 11.3 Å². The van der Waals surface area contributed by atoms with Crippen LogP contribution in [0.3, 0.4) is 0 Å². The van der Waals surface area contributed by atoms with Gasteiger partial charge in [0.05, 0.1) is 17.7 Å². The Morgan fingerprint density at radius 1 is 1.25 bits per heavy atom. The number of fused-ring (bicyclic) bond motifs is 1. The van der Waals surface area contributed by atoms with Crippen molar-refractivity contribution in [2.45, 2.75) is 60.3 Å². The minimum absolute atomic E-state index is 0.123. The van der Waals surface area contributed by atoms with E-state index < -0.39 is 0 Å². The third-order valence-electron chi connectivity index (χ3n) is 5.48. The van der Waals surface area contributed by atoms with Crippen molar-refractivity contribution in [1.29, 1.82) is 0 Å². The number of carbonyl (C=O) groups excluding carboxylic acids is 2. The van der Waals surface area contributed by atoms with Crippen LogP contribution in [-0.2, 0) is 24.0 Å². The number of hydrogen-bond acceptors (Lipinski definition) is 5. The number of ether oxygens (including phenoxy) is 1. The number of rotatable bonds is 5. The van der Waals surface area contributed by atoms with Gasteiger partial charge >= 0.3 is 5.97 Å². The highest BCUT2D eigenvalue weighted by atomic mass is 32.1. The predicted octanol–water partition coefficient (Wildman–Crippen LogP) is 5.95. The topological polar surface area (TPSA) is 55.4 Å². The Bertz CT molecular complexity index is 873. The third kappa shape index (κ3) is 4.33. The molecule has 1 aliphatic carbocycles. The van der Waals surface area contributed by atoms with Gasteiger partial charge in [-0.25, -0.2) is 4.79 Å². The molecule has 0 radical (unpaired) electrons. The average molecular weight is 420 g/mol. The molecule has 2 aromatic heterocycles. The lowest BCUT2D eigenvalue weighted by Crippen LogP contribution is -2.27. The molecule has 0 fully saturated rings. The number of anilines is 1. The molecule has 0 aromatic carbocycles. The maximum atomic E-state index is 13.0. The van der Waals surface area contributed by atoms with Crippen molar-refractivity contribution >= 4 is 39.6 Å². The Morgan fingerprint density at radius 3 is 2.64 bits per heavy atom. The third-order valence-corrected chi connectivity index (χ3v) is 7.72. The fourth-order valence-corrected chi connectivity index (χ4v) is 5.82. The first-order valence-corrected chi connectivity index (χ1v) is 11.6. The Morgan fingerprint density at radius 2 is 2.00 bits per heavy atom. The zero-order valence-electron chi connectivity index (χ0n) is 17.3. The second-order valence-electron chi connectivity index (χ2n) is 8.34. The van der Waals surface area contributed by atoms with E-state index in [9.17, 15) is 9.59 Å². The van der Waals surface area contributed by atoms with E-state index in [0.29, 0.717) is 23.1 Å². The number of amides is 1. The lowest BCUT2D eigenvalue weighted by atomic mass is 9.72. The maximum absolute atomic E-state index is 13.0. The molecule has 0 saturated carbocycles. The van der Waals surface area contributed by atoms with Gasteiger partial charge < -0.3 is 10.1 Å². The molecule has 0 bridgehead atoms. The van der Waals surface area contributed by atoms with Crippen molar-refractivity contribution < 1.29 is 14.3 Å². The van der Waals surface area contributed by atoms with Crippen LogP contribution in [0.2, 0.25) is 0 Å². The summed E-state index contributed by atoms with van der Waals surface area (Å²) in [5, 5.41) is 5.55. The number of aryl methyl sites for hydroxylation is 1. The lowest BCUT2D eigenvalue weighted by Gasteiger charge is -2.34. The van der Waals surface area contributed by atoms with E-state index in [2.05, 4.69) is 26.1 Å². The van der Waals surface area contributed by atoms with Crippen LogP contribution >= 0.6 is 22.7 Å². The van der Waals surface area contributed by atoms with Crippen molar-refractivity contribution in [3.8, 4) is 0 Å². The fourth-order valence-electron chi connectivity index (χ4n) is 3.68. The van der Waals surface area contributed by atoms with Gasteiger partial charge in [-0.3, -0.25) is 4.79 Å². The van der Waals surface area contributed by atoms with Crippen LogP contribution in [-0.4, -0.2) is 18.5 Å². The van der Waals surface area contributed by atoms with Crippen LogP contribution in [0.4, 0.5) is 5.00 Å². The van der Waals surface area contributed by atoms with E-state index in [0.717, 1.165) is 36.1 Å². The van der Waals surface area contributed by atoms with Gasteiger partial charge in [-0.2, -0.15) is 0 Å². The normalized spacial score (nSPS) is 16.5. The van der Waals surface area contributed by atoms with E-state index in [-0.39, 0.29) is 17.3 Å². The van der Waals surface area contributed by atoms with Gasteiger partial charge in [0.15, 0.2) is 0 Å². The number of thiophene rings is 2. The second kappa shape index (κ2) is 8.37. The van der Waals surface area contributed by atoms with Crippen LogP contribution in [0.15, 0.2) is 11.4 Å². The Kier molecular flexibility index (Phi) is 6.30. The van der Waals surface area contributed by atoms with Gasteiger partial charge in [0.1, 0.15) is 5.00 Å². The SMILES string of the molecule is CCOC(=O)c1cc(CC)sc1NC(=O)c1csc2c1CCC(C(C)(C)C)C2. The molecule has 0 spiro atoms. The van der Waals surface area contributed by atoms with Gasteiger partial charge in [-0.15, -0.1) is 22.7 Å². The lowest BCUT2D eigenvalue weighted by molar-refractivity contribution is 0.0528. The molecule has 1 unspecified atom stereocenters. The highest BCUT2D eigenvalue weighted by molar-refractivity contribution is 7.16. The summed E-state index contributed by atoms with van der Waals surface area (Å²) in [7, 11) is 0. The highest BCUT2D eigenvalue weighted by Crippen LogP contribution is 2.41. The number of hydrogen-bond donors (Lipinski definition) is 1. The molecule has 0 saturated heterocycles. The van der Waals surface area contributed by atoms with Crippen LogP contribution in [0, 0.1) is 11.3 Å². The van der Waals surface area contributed by atoms with Crippen LogP contribution in [0.5, 0.6) is 0 Å². The number of esters is 1. The van der Waals surface area contributed by atoms with E-state index in [4.69, 9.17) is 4.74 Å². The smallest absolute Gasteiger partial charge is 0.341 e. The molecule has 2 aromatic rings. The summed E-state index contributed by atoms with van der Waals surface area (Å²) in [6.07, 6.45) is 3.91. The molecule has 1 aliphatic rings. The van der Waals surface area contributed by atoms with E-state index in [1.54, 1.807) is 18.3 Å². The van der Waals surface area contributed by atoms with E-state index >= 15 is 0 Å². The van der Waals surface area contributed by atoms with Gasteiger partial charge in [0.2, 0.25) is 0 Å². The molecule has 1 atom stereocenters. The summed E-state index contributed by atoms with van der Waals surface area (Å²) in [5.41, 5.74) is 2.68. The van der Waals surface area contributed by atoms with E-state index in [1.807, 2.05) is 18.4 Å². The van der Waals surface area contributed by atoms with Gasteiger partial charge in [0.25, 0.3) is 5.91 Å². The number of nitrogens with one attached hydrogen (secondary N) is 1. The predicted molar refractivity (Wildman–Crippen MR) is 117 cm³/mol. The van der Waals surface area contributed by atoms with Crippen molar-refractivity contribution in [3.05, 3.63) is 37.9 Å². The molecule has 152 valence electrons. The first-order chi connectivity index (χ1) is 13.2. The molecule has 2 heterocycles. The molecule has 4 nitrogen and oxygen atoms in total. The van der Waals surface area contributed by atoms with Crippen LogP contribution < -0.4 is 5.32 Å². The Balaban J connectivity index is 1.81. The zero-order valence-corrected chi connectivity index (χ0v) is 18.9. The standard InChI is InChI=1S/C22H29NO3S2/c1-6-14-11-16(21(25)26-7-2)20(28-14)23-19(24)17-12-27-18-10-13(22(3,4)5)8-9-15(17)18/h11-13H,6-10H2,1-5H3,(H,23,24). The summed E-state index contributed by atoms with van der Waals surface area (Å²) in [6, 6.07) is 1.83. The van der Waals surface area contributed by atoms with Crippen molar-refractivity contribution in [3.63, 3.8) is 0 Å². The quantitative estimate of drug-likeness (QED) is 0.609. The van der Waals surface area contributed by atoms with Crippen LogP contribution in [0.1, 0.15) is 77.1 Å². The first kappa shape index (κ1) is 21.1. The summed E-state index contributed by atoms with van der Waals surface area (Å²) in [6.45, 7) is 11.0. The molecule has 1 N–H and O–H groups in total. The van der Waals surface area contributed by atoms with E-state index in [1.165, 1.54) is 21.8 Å². The summed E-state index contributed by atoms with van der Waals surface area (Å²) < 4.78 is 5.15. The molecule has 0 aliphatic heterocycles. The average Bonchev–Trinajstić information content (AvgIpc) is 3.24. The molecule has 6 heteroatoms. The van der Waals surface area contributed by atoms with Crippen LogP contribution in [0.25, 0.3) is 0 Å². The van der Waals surface area contributed by atoms with Gasteiger partial charge in [-0.05, 0) is 55.6 Å². The molecular formula is C22H29NO3S2. The molecule has 1 amide bonds.